The van der Waals surface area contributed by atoms with Crippen LogP contribution in [0.5, 0.6) is 0 Å². The minimum Gasteiger partial charge on any atom is -0.368 e. The first-order valence-electron chi connectivity index (χ1n) is 7.34. The quantitative estimate of drug-likeness (QED) is 0.910. The van der Waals surface area contributed by atoms with Crippen LogP contribution in [0.25, 0.3) is 0 Å². The van der Waals surface area contributed by atoms with Crippen molar-refractivity contribution in [3.63, 3.8) is 0 Å². The molecule has 0 atom stereocenters. The molecule has 1 aliphatic rings. The lowest BCUT2D eigenvalue weighted by atomic mass is 9.78. The average Bonchev–Trinajstić information content (AvgIpc) is 2.43. The predicted molar refractivity (Wildman–Crippen MR) is 78.2 cm³/mol. The van der Waals surface area contributed by atoms with E-state index in [1.165, 1.54) is 0 Å². The second-order valence-electron chi connectivity index (χ2n) is 5.81. The molecule has 1 fully saturated rings. The number of piperidine rings is 1. The summed E-state index contributed by atoms with van der Waals surface area (Å²) in [5.74, 6) is -0.819. The average molecular weight is 283 g/mol. The second kappa shape index (κ2) is 5.94. The number of rotatable bonds is 4. The Labute approximate surface area is 119 Å². The molecule has 0 bridgehead atoms. The van der Waals surface area contributed by atoms with E-state index >= 15 is 0 Å². The first-order valence-corrected chi connectivity index (χ1v) is 7.34. The number of pyridine rings is 1. The van der Waals surface area contributed by atoms with Gasteiger partial charge in [0.15, 0.2) is 23.3 Å². The Morgan fingerprint density at radius 3 is 2.45 bits per heavy atom. The molecule has 0 amide bonds. The van der Waals surface area contributed by atoms with Crippen molar-refractivity contribution in [3.8, 4) is 0 Å². The number of nitrogens with one attached hydrogen (secondary N) is 1. The van der Waals surface area contributed by atoms with Gasteiger partial charge in [0, 0.05) is 25.7 Å². The van der Waals surface area contributed by atoms with Gasteiger partial charge in [0.25, 0.3) is 0 Å². The molecule has 0 radical (unpaired) electrons. The van der Waals surface area contributed by atoms with Crippen molar-refractivity contribution in [1.29, 1.82) is 0 Å². The van der Waals surface area contributed by atoms with Gasteiger partial charge in [-0.2, -0.15) is 0 Å². The Kier molecular flexibility index (Phi) is 4.45. The molecule has 0 aliphatic carbocycles. The van der Waals surface area contributed by atoms with E-state index < -0.39 is 11.6 Å². The summed E-state index contributed by atoms with van der Waals surface area (Å²) in [6, 6.07) is 0.925. The second-order valence-corrected chi connectivity index (χ2v) is 5.81. The molecule has 112 valence electrons. The van der Waals surface area contributed by atoms with Crippen LogP contribution in [0, 0.1) is 17.0 Å². The van der Waals surface area contributed by atoms with Gasteiger partial charge < -0.3 is 10.2 Å². The Hall–Kier alpha value is -1.39. The van der Waals surface area contributed by atoms with Crippen molar-refractivity contribution in [1.82, 2.24) is 4.98 Å². The highest BCUT2D eigenvalue weighted by Crippen LogP contribution is 2.36. The van der Waals surface area contributed by atoms with Gasteiger partial charge in [-0.05, 0) is 25.2 Å². The highest BCUT2D eigenvalue weighted by molar-refractivity contribution is 5.49. The number of hydrogen-bond donors (Lipinski definition) is 1. The molecule has 0 aromatic carbocycles. The fourth-order valence-electron chi connectivity index (χ4n) is 2.58. The molecule has 1 N–H and O–H groups in total. The zero-order valence-electron chi connectivity index (χ0n) is 12.5. The van der Waals surface area contributed by atoms with Crippen molar-refractivity contribution in [2.75, 3.05) is 29.9 Å². The zero-order chi connectivity index (χ0) is 14.8. The third kappa shape index (κ3) is 3.02. The Morgan fingerprint density at radius 1 is 1.25 bits per heavy atom. The standard InChI is InChI=1S/C15H23F2N3/c1-4-15(3)6-8-20(9-7-15)14-12(17)10-11(16)13(19-14)18-5-2/h10H,4-9H2,1-3H3,(H,18,19). The molecule has 2 heterocycles. The molecule has 1 aromatic rings. The van der Waals surface area contributed by atoms with Gasteiger partial charge in [-0.25, -0.2) is 13.8 Å². The van der Waals surface area contributed by atoms with Crippen LogP contribution in [0.3, 0.4) is 0 Å². The molecule has 0 unspecified atom stereocenters. The summed E-state index contributed by atoms with van der Waals surface area (Å²) < 4.78 is 27.5. The van der Waals surface area contributed by atoms with Crippen molar-refractivity contribution in [3.05, 3.63) is 17.7 Å². The first kappa shape index (κ1) is 15.0. The van der Waals surface area contributed by atoms with Crippen molar-refractivity contribution < 1.29 is 8.78 Å². The summed E-state index contributed by atoms with van der Waals surface area (Å²) in [6.07, 6.45) is 3.15. The fraction of sp³-hybridized carbons (Fsp3) is 0.667. The van der Waals surface area contributed by atoms with E-state index in [-0.39, 0.29) is 11.6 Å². The molecule has 5 heteroatoms. The van der Waals surface area contributed by atoms with Crippen LogP contribution in [0.15, 0.2) is 6.07 Å². The molecule has 1 aromatic heterocycles. The van der Waals surface area contributed by atoms with E-state index in [1.807, 2.05) is 11.8 Å². The Morgan fingerprint density at radius 2 is 1.90 bits per heavy atom. The molecular formula is C15H23F2N3. The first-order chi connectivity index (χ1) is 9.49. The summed E-state index contributed by atoms with van der Waals surface area (Å²) in [6.45, 7) is 8.41. The van der Waals surface area contributed by atoms with Gasteiger partial charge in [-0.3, -0.25) is 0 Å². The molecular weight excluding hydrogens is 260 g/mol. The SMILES string of the molecule is CCNc1nc(N2CCC(C)(CC)CC2)c(F)cc1F. The molecule has 1 aliphatic heterocycles. The summed E-state index contributed by atoms with van der Waals surface area (Å²) >= 11 is 0. The van der Waals surface area contributed by atoms with Gasteiger partial charge in [0.05, 0.1) is 0 Å². The lowest BCUT2D eigenvalue weighted by molar-refractivity contribution is 0.237. The maximum atomic E-state index is 14.0. The molecule has 0 spiro atoms. The highest BCUT2D eigenvalue weighted by atomic mass is 19.1. The minimum absolute atomic E-state index is 0.132. The van der Waals surface area contributed by atoms with Crippen molar-refractivity contribution >= 4 is 11.6 Å². The van der Waals surface area contributed by atoms with Crippen LogP contribution in [0.2, 0.25) is 0 Å². The predicted octanol–water partition coefficient (Wildman–Crippen LogP) is 3.81. The van der Waals surface area contributed by atoms with Crippen LogP contribution >= 0.6 is 0 Å². The highest BCUT2D eigenvalue weighted by Gasteiger charge is 2.30. The normalized spacial score (nSPS) is 18.1. The van der Waals surface area contributed by atoms with E-state index in [0.717, 1.165) is 38.4 Å². The van der Waals surface area contributed by atoms with Gasteiger partial charge >= 0.3 is 0 Å². The Bertz CT molecular complexity index is 468. The van der Waals surface area contributed by atoms with Crippen LogP contribution < -0.4 is 10.2 Å². The topological polar surface area (TPSA) is 28.2 Å². The number of hydrogen-bond acceptors (Lipinski definition) is 3. The van der Waals surface area contributed by atoms with E-state index in [2.05, 4.69) is 24.1 Å². The van der Waals surface area contributed by atoms with Gasteiger partial charge in [0.2, 0.25) is 0 Å². The number of aromatic nitrogens is 1. The van der Waals surface area contributed by atoms with Gasteiger partial charge in [-0.15, -0.1) is 0 Å². The van der Waals surface area contributed by atoms with Crippen molar-refractivity contribution in [2.45, 2.75) is 40.0 Å². The lowest BCUT2D eigenvalue weighted by Crippen LogP contribution is -2.39. The third-order valence-corrected chi connectivity index (χ3v) is 4.38. The summed E-state index contributed by atoms with van der Waals surface area (Å²) in [7, 11) is 0. The maximum Gasteiger partial charge on any atom is 0.168 e. The molecule has 1 saturated heterocycles. The van der Waals surface area contributed by atoms with Crippen LogP contribution in [0.1, 0.15) is 40.0 Å². The monoisotopic (exact) mass is 283 g/mol. The molecule has 0 saturated carbocycles. The largest absolute Gasteiger partial charge is 0.368 e. The van der Waals surface area contributed by atoms with E-state index in [1.54, 1.807) is 0 Å². The molecule has 2 rings (SSSR count). The maximum absolute atomic E-state index is 14.0. The minimum atomic E-state index is -0.636. The number of halogens is 2. The summed E-state index contributed by atoms with van der Waals surface area (Å²) in [4.78, 5) is 6.05. The van der Waals surface area contributed by atoms with Crippen LogP contribution in [-0.4, -0.2) is 24.6 Å². The fourth-order valence-corrected chi connectivity index (χ4v) is 2.58. The van der Waals surface area contributed by atoms with E-state index in [9.17, 15) is 8.78 Å². The number of anilines is 2. The summed E-state index contributed by atoms with van der Waals surface area (Å²) in [5.41, 5.74) is 0.331. The zero-order valence-corrected chi connectivity index (χ0v) is 12.5. The molecule has 20 heavy (non-hydrogen) atoms. The van der Waals surface area contributed by atoms with Crippen LogP contribution in [-0.2, 0) is 0 Å². The van der Waals surface area contributed by atoms with Crippen molar-refractivity contribution in [2.24, 2.45) is 5.41 Å². The molecule has 3 nitrogen and oxygen atoms in total. The van der Waals surface area contributed by atoms with Gasteiger partial charge in [0.1, 0.15) is 0 Å². The smallest absolute Gasteiger partial charge is 0.168 e. The van der Waals surface area contributed by atoms with E-state index in [0.29, 0.717) is 12.0 Å². The van der Waals surface area contributed by atoms with E-state index in [4.69, 9.17) is 0 Å². The number of nitrogens with zero attached hydrogens (tertiary/aromatic N) is 2. The Balaban J connectivity index is 2.19. The lowest BCUT2D eigenvalue weighted by Gasteiger charge is -2.39. The van der Waals surface area contributed by atoms with Gasteiger partial charge in [-0.1, -0.05) is 20.3 Å². The summed E-state index contributed by atoms with van der Waals surface area (Å²) in [5, 5.41) is 2.83. The third-order valence-electron chi connectivity index (χ3n) is 4.38. The van der Waals surface area contributed by atoms with Crippen LogP contribution in [0.4, 0.5) is 20.4 Å².